The van der Waals surface area contributed by atoms with E-state index < -0.39 is 118 Å². The van der Waals surface area contributed by atoms with E-state index in [4.69, 9.17) is 18.9 Å². The highest BCUT2D eigenvalue weighted by Gasteiger charge is 2.62. The number of amides is 8. The Kier molecular flexibility index (Phi) is 22.7. The number of ether oxygens (including phenoxy) is 4. The van der Waals surface area contributed by atoms with Crippen LogP contribution in [0.4, 0.5) is 28.0 Å². The van der Waals surface area contributed by atoms with E-state index in [0.29, 0.717) is 47.9 Å². The number of carbonyl (C=O) groups excluding carboxylic acids is 8. The van der Waals surface area contributed by atoms with E-state index in [-0.39, 0.29) is 104 Å². The fourth-order valence-corrected chi connectivity index (χ4v) is 12.7. The van der Waals surface area contributed by atoms with E-state index >= 15 is 0 Å². The number of hydrogen-bond donors (Lipinski definition) is 6. The summed E-state index contributed by atoms with van der Waals surface area (Å²) in [4.78, 5) is 125. The number of nitrogens with one attached hydrogen (secondary N) is 4. The van der Waals surface area contributed by atoms with Gasteiger partial charge in [0.15, 0.2) is 0 Å². The molecule has 10 atom stereocenters. The van der Waals surface area contributed by atoms with Gasteiger partial charge in [-0.25, -0.2) is 32.8 Å². The molecule has 0 spiro atoms. The minimum atomic E-state index is -1.49. The number of aliphatic carboxylic acids is 1. The van der Waals surface area contributed by atoms with Crippen LogP contribution >= 0.6 is 0 Å². The number of alkyl carbamates (subject to hydrolysis) is 2. The molecular weight excluding hydrogens is 1180 g/mol. The van der Waals surface area contributed by atoms with Gasteiger partial charge >= 0.3 is 30.3 Å². The van der Waals surface area contributed by atoms with Crippen LogP contribution < -0.4 is 21.3 Å². The van der Waals surface area contributed by atoms with E-state index in [2.05, 4.69) is 27.3 Å². The monoisotopic (exact) mass is 1270 g/mol. The molecule has 91 heavy (non-hydrogen) atoms. The average molecular weight is 1280 g/mol. The molecule has 6 N–H and O–H groups in total. The molecule has 25 heteroatoms. The Morgan fingerprint density at radius 1 is 0.615 bits per heavy atom. The van der Waals surface area contributed by atoms with Crippen molar-refractivity contribution in [3.05, 3.63) is 94.6 Å². The lowest BCUT2D eigenvalue weighted by Crippen LogP contribution is -2.56. The second-order valence-electron chi connectivity index (χ2n) is 26.7. The molecule has 8 aliphatic rings. The molecule has 4 fully saturated rings. The first-order valence-electron chi connectivity index (χ1n) is 31.0. The maximum absolute atomic E-state index is 14.3. The van der Waals surface area contributed by atoms with Gasteiger partial charge in [0, 0.05) is 48.9 Å². The molecule has 2 aromatic carbocycles. The van der Waals surface area contributed by atoms with Crippen LogP contribution in [0.2, 0.25) is 0 Å². The van der Waals surface area contributed by atoms with Crippen LogP contribution in [0.1, 0.15) is 169 Å². The Hall–Kier alpha value is -7.83. The third-order valence-electron chi connectivity index (χ3n) is 17.6. The minimum Gasteiger partial charge on any atom is -0.479 e. The molecule has 0 unspecified atom stereocenters. The molecule has 6 aliphatic heterocycles. The van der Waals surface area contributed by atoms with Crippen LogP contribution in [0.5, 0.6) is 0 Å². The van der Waals surface area contributed by atoms with Crippen molar-refractivity contribution in [1.82, 2.24) is 40.9 Å². The molecule has 0 aromatic heterocycles. The third-order valence-corrected chi connectivity index (χ3v) is 17.6. The van der Waals surface area contributed by atoms with E-state index in [1.165, 1.54) is 31.7 Å². The highest BCUT2D eigenvalue weighted by Crippen LogP contribution is 2.46. The van der Waals surface area contributed by atoms with Crippen LogP contribution in [-0.2, 0) is 69.1 Å². The Bertz CT molecular complexity index is 3110. The van der Waals surface area contributed by atoms with E-state index in [0.717, 1.165) is 38.5 Å². The van der Waals surface area contributed by atoms with Crippen LogP contribution in [0, 0.1) is 23.5 Å². The van der Waals surface area contributed by atoms with Gasteiger partial charge in [-0.3, -0.25) is 29.0 Å². The van der Waals surface area contributed by atoms with Crippen molar-refractivity contribution in [2.24, 2.45) is 11.8 Å². The van der Waals surface area contributed by atoms with E-state index in [1.54, 1.807) is 65.8 Å². The van der Waals surface area contributed by atoms with Crippen LogP contribution in [0.3, 0.4) is 0 Å². The second kappa shape index (κ2) is 29.2. The van der Waals surface area contributed by atoms with Crippen molar-refractivity contribution < 1.29 is 81.1 Å². The number of benzene rings is 2. The predicted molar refractivity (Wildman–Crippen MR) is 329 cm³/mol. The molecule has 500 valence electrons. The fraction of sp³-hybridized carbons (Fsp3) is 0.621. The molecule has 2 aliphatic carbocycles. The van der Waals surface area contributed by atoms with Gasteiger partial charge < -0.3 is 60.2 Å². The van der Waals surface area contributed by atoms with Crippen molar-refractivity contribution in [3.63, 3.8) is 0 Å². The Balaban J connectivity index is 0.000000253. The highest BCUT2D eigenvalue weighted by molar-refractivity contribution is 5.96. The normalized spacial score (nSPS) is 28.8. The molecule has 10 rings (SSSR count). The number of carbonyl (C=O) groups is 9. The largest absolute Gasteiger partial charge is 0.479 e. The quantitative estimate of drug-likeness (QED) is 0.117. The smallest absolute Gasteiger partial charge is 0.410 e. The lowest BCUT2D eigenvalue weighted by atomic mass is 10.0. The van der Waals surface area contributed by atoms with Gasteiger partial charge in [-0.05, 0) is 116 Å². The third kappa shape index (κ3) is 17.2. The molecule has 6 heterocycles. The van der Waals surface area contributed by atoms with Crippen molar-refractivity contribution in [1.29, 1.82) is 0 Å². The summed E-state index contributed by atoms with van der Waals surface area (Å²) in [5.74, 6) is -4.53. The summed E-state index contributed by atoms with van der Waals surface area (Å²) in [7, 11) is 0. The molecule has 2 saturated heterocycles. The van der Waals surface area contributed by atoms with Gasteiger partial charge in [0.25, 0.3) is 0 Å². The maximum atomic E-state index is 14.3. The topological polar surface area (TPSA) is 292 Å². The van der Waals surface area contributed by atoms with E-state index in [9.17, 15) is 62.1 Å². The lowest BCUT2D eigenvalue weighted by molar-refractivity contribution is -0.145. The van der Waals surface area contributed by atoms with E-state index in [1.807, 2.05) is 18.2 Å². The Labute approximate surface area is 531 Å². The van der Waals surface area contributed by atoms with Crippen molar-refractivity contribution in [2.75, 3.05) is 19.7 Å². The van der Waals surface area contributed by atoms with Crippen LogP contribution in [0.15, 0.2) is 60.7 Å². The maximum Gasteiger partial charge on any atom is 0.410 e. The van der Waals surface area contributed by atoms with Crippen molar-refractivity contribution in [3.8, 4) is 0 Å². The summed E-state index contributed by atoms with van der Waals surface area (Å²) in [5.41, 5.74) is -1.65. The summed E-state index contributed by atoms with van der Waals surface area (Å²) in [5, 5.41) is 31.2. The van der Waals surface area contributed by atoms with Gasteiger partial charge in [-0.15, -0.1) is 0 Å². The first-order chi connectivity index (χ1) is 42.2. The molecule has 8 amide bonds. The lowest BCUT2D eigenvalue weighted by Gasteiger charge is -2.30. The molecule has 2 saturated carbocycles. The SMILES string of the molecule is C.C.CC(C)(C)OC(=O)N[C@H]1CCCCC/C=C\[C@@H]2C[C@@]2(C(=O)O)NC(=O)[C@@H]2C[C@@H](OC(=O)N3Cc4cccc(F)c4C3)CN2C1=O.CC(C)(C)OC(=O)N[C@H]1CCCCC/C=C\[C@@H]2C[C@@]2(CO)NC(=O)[C@@H]2C[C@@H](OC(=O)N3Cc4cccc(F)c4C3)CN2C1=O. The summed E-state index contributed by atoms with van der Waals surface area (Å²) in [6, 6.07) is 5.21. The fourth-order valence-electron chi connectivity index (χ4n) is 12.7. The summed E-state index contributed by atoms with van der Waals surface area (Å²) < 4.78 is 50.9. The number of halogens is 2. The molecule has 23 nitrogen and oxygen atoms in total. The number of aliphatic hydroxyl groups is 1. The van der Waals surface area contributed by atoms with Crippen molar-refractivity contribution >= 4 is 54.0 Å². The number of carboxylic acids is 1. The Morgan fingerprint density at radius 2 is 1.05 bits per heavy atom. The van der Waals surface area contributed by atoms with Crippen LogP contribution in [0.25, 0.3) is 0 Å². The van der Waals surface area contributed by atoms with Gasteiger partial charge in [0.05, 0.1) is 38.3 Å². The molecule has 2 aromatic rings. The van der Waals surface area contributed by atoms with Crippen LogP contribution in [-0.4, -0.2) is 162 Å². The second-order valence-corrected chi connectivity index (χ2v) is 26.7. The van der Waals surface area contributed by atoms with Gasteiger partial charge in [-0.2, -0.15) is 0 Å². The number of fused-ring (bicyclic) bond motifs is 6. The number of allylic oxidation sites excluding steroid dienone is 2. The molecular formula is C66H92F2N8O15. The highest BCUT2D eigenvalue weighted by atomic mass is 19.1. The van der Waals surface area contributed by atoms with Gasteiger partial charge in [0.2, 0.25) is 23.6 Å². The van der Waals surface area contributed by atoms with Gasteiger partial charge in [-0.1, -0.05) is 89.1 Å². The molecule has 0 radical (unpaired) electrons. The number of hydrogen-bond acceptors (Lipinski definition) is 14. The standard InChI is InChI=1S/C32H41FN4O8.C32H43FN4O7.2CH4/c1-31(2,3)45-29(42)34-24-13-8-6-4-5-7-11-20-15-32(20,28(40)41)35-26(38)25-14-21(17-37(25)27(24)39)44-30(43)36-16-19-10-9-12-23(33)22(19)18-36;1-31(2,3)44-29(41)34-25-13-8-6-4-5-7-11-21-15-32(21,19-38)35-27(39)26-14-22(17-37(26)28(25)40)43-30(42)36-16-20-10-9-12-24(33)23(20)18-36;;/h7,9-12,20-21,24-25H,4-6,8,13-18H2,1-3H3,(H,34,42)(H,35,38)(H,40,41);7,9-12,21-22,25-26,38H,4-6,8,13-19H2,1-3H3,(H,34,41)(H,35,39);2*1H4/b2*11-7-;;/t20-,21-,24+,25+,32-;21-,22-,25+,26+,32+;;/m11../s1. The summed E-state index contributed by atoms with van der Waals surface area (Å²) in [6.07, 6.45) is 10.7. The number of rotatable bonds is 6. The summed E-state index contributed by atoms with van der Waals surface area (Å²) >= 11 is 0. The minimum absolute atomic E-state index is 0. The number of carboxylic acid groups (broad SMARTS) is 1. The zero-order valence-electron chi connectivity index (χ0n) is 51.5. The Morgan fingerprint density at radius 3 is 1.47 bits per heavy atom. The number of aliphatic hydroxyl groups excluding tert-OH is 1. The first kappa shape index (κ1) is 70.6. The average Bonchev–Trinajstić information content (AvgIpc) is 1.60. The molecule has 0 bridgehead atoms. The summed E-state index contributed by atoms with van der Waals surface area (Å²) in [6.45, 7) is 10.3. The predicted octanol–water partition coefficient (Wildman–Crippen LogP) is 8.42. The zero-order chi connectivity index (χ0) is 64.2. The van der Waals surface area contributed by atoms with Gasteiger partial charge in [0.1, 0.15) is 64.8 Å². The van der Waals surface area contributed by atoms with Crippen molar-refractivity contribution in [2.45, 2.75) is 231 Å². The first-order valence-corrected chi connectivity index (χ1v) is 31.0. The number of nitrogens with zero attached hydrogens (tertiary/aromatic N) is 4. The zero-order valence-corrected chi connectivity index (χ0v) is 51.5.